The topological polar surface area (TPSA) is 72.1 Å². The highest BCUT2D eigenvalue weighted by molar-refractivity contribution is 5.96. The van der Waals surface area contributed by atoms with Crippen molar-refractivity contribution in [3.8, 4) is 0 Å². The number of amides is 1. The summed E-state index contributed by atoms with van der Waals surface area (Å²) in [5.74, 6) is 0.357. The number of carbonyl (C=O) groups is 1. The molecule has 0 saturated heterocycles. The van der Waals surface area contributed by atoms with Crippen LogP contribution in [-0.4, -0.2) is 29.0 Å². The fourth-order valence-corrected chi connectivity index (χ4v) is 1.25. The summed E-state index contributed by atoms with van der Waals surface area (Å²) in [6.07, 6.45) is 3.20. The quantitative estimate of drug-likeness (QED) is 0.835. The van der Waals surface area contributed by atoms with Crippen LogP contribution >= 0.6 is 0 Å². The standard InChI is InChI=1S/C12H20N4O/c1-8-6-15-9(7-14-8)16(5)11(17)10(13)12(2,3)4/h6-7,10H,13H2,1-5H3. The fourth-order valence-electron chi connectivity index (χ4n) is 1.25. The Morgan fingerprint density at radius 1 is 1.35 bits per heavy atom. The van der Waals surface area contributed by atoms with Gasteiger partial charge in [-0.1, -0.05) is 20.8 Å². The number of hydrogen-bond donors (Lipinski definition) is 1. The van der Waals surface area contributed by atoms with Crippen molar-refractivity contribution in [2.24, 2.45) is 11.1 Å². The van der Waals surface area contributed by atoms with Crippen LogP contribution in [0.1, 0.15) is 26.5 Å². The highest BCUT2D eigenvalue weighted by Crippen LogP contribution is 2.20. The maximum absolute atomic E-state index is 12.1. The van der Waals surface area contributed by atoms with Gasteiger partial charge in [0.1, 0.15) is 0 Å². The molecule has 1 unspecified atom stereocenters. The fraction of sp³-hybridized carbons (Fsp3) is 0.583. The molecule has 0 aliphatic carbocycles. The molecule has 0 saturated carbocycles. The van der Waals surface area contributed by atoms with Crippen molar-refractivity contribution >= 4 is 11.7 Å². The van der Waals surface area contributed by atoms with Crippen molar-refractivity contribution < 1.29 is 4.79 Å². The van der Waals surface area contributed by atoms with E-state index in [1.165, 1.54) is 4.90 Å². The van der Waals surface area contributed by atoms with E-state index < -0.39 is 6.04 Å². The molecule has 17 heavy (non-hydrogen) atoms. The van der Waals surface area contributed by atoms with Gasteiger partial charge in [0.25, 0.3) is 0 Å². The molecule has 0 bridgehead atoms. The van der Waals surface area contributed by atoms with Crippen molar-refractivity contribution in [2.45, 2.75) is 33.7 Å². The Balaban J connectivity index is 2.87. The van der Waals surface area contributed by atoms with Crippen LogP contribution in [0.4, 0.5) is 5.82 Å². The second kappa shape index (κ2) is 4.79. The molecule has 1 atom stereocenters. The van der Waals surface area contributed by atoms with Gasteiger partial charge >= 0.3 is 0 Å². The lowest BCUT2D eigenvalue weighted by Gasteiger charge is -2.29. The largest absolute Gasteiger partial charge is 0.319 e. The number of likely N-dealkylation sites (N-methyl/N-ethyl adjacent to an activating group) is 1. The van der Waals surface area contributed by atoms with Crippen molar-refractivity contribution in [3.63, 3.8) is 0 Å². The van der Waals surface area contributed by atoms with Gasteiger partial charge in [0.15, 0.2) is 5.82 Å². The van der Waals surface area contributed by atoms with Crippen LogP contribution in [0.3, 0.4) is 0 Å². The molecule has 1 aromatic rings. The van der Waals surface area contributed by atoms with Gasteiger partial charge in [0.05, 0.1) is 24.1 Å². The van der Waals surface area contributed by atoms with Gasteiger partial charge in [-0.05, 0) is 12.3 Å². The molecule has 1 aromatic heterocycles. The minimum Gasteiger partial charge on any atom is -0.319 e. The summed E-state index contributed by atoms with van der Waals surface area (Å²) < 4.78 is 0. The average molecular weight is 236 g/mol. The molecule has 94 valence electrons. The van der Waals surface area contributed by atoms with E-state index in [4.69, 9.17) is 5.73 Å². The zero-order valence-electron chi connectivity index (χ0n) is 11.1. The van der Waals surface area contributed by atoms with Crippen LogP contribution in [0.2, 0.25) is 0 Å². The molecule has 0 aromatic carbocycles. The predicted octanol–water partition coefficient (Wildman–Crippen LogP) is 1.12. The van der Waals surface area contributed by atoms with Gasteiger partial charge in [-0.25, -0.2) is 4.98 Å². The zero-order chi connectivity index (χ0) is 13.2. The van der Waals surface area contributed by atoms with Crippen molar-refractivity contribution in [3.05, 3.63) is 18.1 Å². The van der Waals surface area contributed by atoms with Crippen LogP contribution < -0.4 is 10.6 Å². The third kappa shape index (κ3) is 3.23. The minimum absolute atomic E-state index is 0.157. The molecule has 1 heterocycles. The molecule has 0 fully saturated rings. The van der Waals surface area contributed by atoms with Crippen LogP contribution in [0, 0.1) is 12.3 Å². The Bertz CT molecular complexity index is 394. The monoisotopic (exact) mass is 236 g/mol. The van der Waals surface area contributed by atoms with Crippen LogP contribution in [-0.2, 0) is 4.79 Å². The van der Waals surface area contributed by atoms with Crippen LogP contribution in [0.5, 0.6) is 0 Å². The van der Waals surface area contributed by atoms with E-state index in [-0.39, 0.29) is 11.3 Å². The summed E-state index contributed by atoms with van der Waals surface area (Å²) in [6, 6.07) is -0.560. The average Bonchev–Trinajstić information content (AvgIpc) is 2.26. The summed E-state index contributed by atoms with van der Waals surface area (Å²) in [5, 5.41) is 0. The molecule has 2 N–H and O–H groups in total. The second-order valence-corrected chi connectivity index (χ2v) is 5.26. The predicted molar refractivity (Wildman–Crippen MR) is 67.6 cm³/mol. The van der Waals surface area contributed by atoms with E-state index in [1.807, 2.05) is 27.7 Å². The minimum atomic E-state index is -0.560. The third-order valence-electron chi connectivity index (χ3n) is 2.64. The summed E-state index contributed by atoms with van der Waals surface area (Å²) in [6.45, 7) is 7.65. The van der Waals surface area contributed by atoms with Crippen molar-refractivity contribution in [1.82, 2.24) is 9.97 Å². The molecular weight excluding hydrogens is 216 g/mol. The van der Waals surface area contributed by atoms with Crippen LogP contribution in [0.25, 0.3) is 0 Å². The lowest BCUT2D eigenvalue weighted by atomic mass is 9.86. The van der Waals surface area contributed by atoms with Gasteiger partial charge < -0.3 is 5.73 Å². The van der Waals surface area contributed by atoms with Gasteiger partial charge in [-0.2, -0.15) is 0 Å². The first kappa shape index (κ1) is 13.6. The number of carbonyl (C=O) groups excluding carboxylic acids is 1. The molecule has 0 spiro atoms. The maximum Gasteiger partial charge on any atom is 0.245 e. The number of rotatable bonds is 2. The smallest absolute Gasteiger partial charge is 0.245 e. The lowest BCUT2D eigenvalue weighted by Crippen LogP contribution is -2.49. The van der Waals surface area contributed by atoms with Gasteiger partial charge in [0.2, 0.25) is 5.91 Å². The van der Waals surface area contributed by atoms with E-state index in [9.17, 15) is 4.79 Å². The molecule has 0 aliphatic heterocycles. The second-order valence-electron chi connectivity index (χ2n) is 5.26. The summed E-state index contributed by atoms with van der Waals surface area (Å²) in [7, 11) is 1.66. The van der Waals surface area contributed by atoms with Crippen molar-refractivity contribution in [2.75, 3.05) is 11.9 Å². The van der Waals surface area contributed by atoms with E-state index in [0.717, 1.165) is 5.69 Å². The van der Waals surface area contributed by atoms with E-state index in [2.05, 4.69) is 9.97 Å². The van der Waals surface area contributed by atoms with E-state index in [0.29, 0.717) is 5.82 Å². The van der Waals surface area contributed by atoms with E-state index >= 15 is 0 Å². The van der Waals surface area contributed by atoms with Gasteiger partial charge in [-0.3, -0.25) is 14.7 Å². The molecule has 5 nitrogen and oxygen atoms in total. The Morgan fingerprint density at radius 3 is 2.35 bits per heavy atom. The molecular formula is C12H20N4O. The van der Waals surface area contributed by atoms with Crippen molar-refractivity contribution in [1.29, 1.82) is 0 Å². The number of nitrogens with two attached hydrogens (primary N) is 1. The summed E-state index contributed by atoms with van der Waals surface area (Å²) >= 11 is 0. The Morgan fingerprint density at radius 2 is 1.94 bits per heavy atom. The summed E-state index contributed by atoms with van der Waals surface area (Å²) in [5.41, 5.74) is 6.46. The number of nitrogens with zero attached hydrogens (tertiary/aromatic N) is 3. The number of aromatic nitrogens is 2. The first-order chi connectivity index (χ1) is 7.73. The zero-order valence-corrected chi connectivity index (χ0v) is 11.1. The number of hydrogen-bond acceptors (Lipinski definition) is 4. The normalized spacial score (nSPS) is 13.3. The molecule has 1 rings (SSSR count). The van der Waals surface area contributed by atoms with Crippen LogP contribution in [0.15, 0.2) is 12.4 Å². The van der Waals surface area contributed by atoms with Gasteiger partial charge in [-0.15, -0.1) is 0 Å². The van der Waals surface area contributed by atoms with E-state index in [1.54, 1.807) is 19.4 Å². The molecule has 5 heteroatoms. The number of aryl methyl sites for hydroxylation is 1. The maximum atomic E-state index is 12.1. The first-order valence-electron chi connectivity index (χ1n) is 5.55. The lowest BCUT2D eigenvalue weighted by molar-refractivity contribution is -0.121. The highest BCUT2D eigenvalue weighted by Gasteiger charge is 2.30. The molecule has 0 aliphatic rings. The highest BCUT2D eigenvalue weighted by atomic mass is 16.2. The molecule has 0 radical (unpaired) electrons. The third-order valence-corrected chi connectivity index (χ3v) is 2.64. The van der Waals surface area contributed by atoms with Gasteiger partial charge in [0, 0.05) is 7.05 Å². The SMILES string of the molecule is Cc1cnc(N(C)C(=O)C(N)C(C)(C)C)cn1. The Hall–Kier alpha value is -1.49. The Labute approximate surface area is 102 Å². The Kier molecular flexibility index (Phi) is 3.83. The summed E-state index contributed by atoms with van der Waals surface area (Å²) in [4.78, 5) is 21.8. The first-order valence-corrected chi connectivity index (χ1v) is 5.55. The molecule has 1 amide bonds. The number of anilines is 1.